The van der Waals surface area contributed by atoms with E-state index in [1.165, 1.54) is 0 Å². The van der Waals surface area contributed by atoms with E-state index >= 15 is 0 Å². The summed E-state index contributed by atoms with van der Waals surface area (Å²) in [7, 11) is 0. The Morgan fingerprint density at radius 3 is 2.89 bits per heavy atom. The number of para-hydroxylation sites is 2. The van der Waals surface area contributed by atoms with Crippen LogP contribution in [0.5, 0.6) is 0 Å². The van der Waals surface area contributed by atoms with Gasteiger partial charge in [0.25, 0.3) is 5.56 Å². The van der Waals surface area contributed by atoms with E-state index in [1.807, 2.05) is 45.9 Å². The van der Waals surface area contributed by atoms with Crippen LogP contribution in [0.25, 0.3) is 11.0 Å². The zero-order valence-corrected chi connectivity index (χ0v) is 15.1. The highest BCUT2D eigenvalue weighted by molar-refractivity contribution is 5.77. The summed E-state index contributed by atoms with van der Waals surface area (Å²) < 4.78 is 1.90. The van der Waals surface area contributed by atoms with Crippen molar-refractivity contribution in [1.82, 2.24) is 19.4 Å². The number of likely N-dealkylation sites (tertiary alicyclic amines) is 1. The van der Waals surface area contributed by atoms with Crippen LogP contribution in [0.15, 0.2) is 47.3 Å². The van der Waals surface area contributed by atoms with E-state index in [9.17, 15) is 9.59 Å². The van der Waals surface area contributed by atoms with Crippen molar-refractivity contribution in [2.24, 2.45) is 5.92 Å². The molecule has 0 spiro atoms. The van der Waals surface area contributed by atoms with E-state index in [2.05, 4.69) is 9.97 Å². The Kier molecular flexibility index (Phi) is 3.85. The highest BCUT2D eigenvalue weighted by Crippen LogP contribution is 2.35. The predicted octanol–water partition coefficient (Wildman–Crippen LogP) is 2.30. The van der Waals surface area contributed by atoms with Crippen molar-refractivity contribution in [3.63, 3.8) is 0 Å². The predicted molar refractivity (Wildman–Crippen MR) is 103 cm³/mol. The number of carbonyl (C=O) groups is 1. The van der Waals surface area contributed by atoms with Gasteiger partial charge in [0.2, 0.25) is 5.91 Å². The summed E-state index contributed by atoms with van der Waals surface area (Å²) in [6, 6.07) is 13.4. The molecule has 2 unspecified atom stereocenters. The normalized spacial score (nSPS) is 21.3. The molecular formula is C21H22N4O2. The number of pyridine rings is 1. The first-order valence-electron chi connectivity index (χ1n) is 9.58. The number of aromatic nitrogens is 3. The molecule has 2 aliphatic heterocycles. The maximum Gasteiger partial charge on any atom is 0.250 e. The molecule has 2 atom stereocenters. The topological polar surface area (TPSA) is 71.0 Å². The molecule has 4 heterocycles. The molecule has 2 aromatic heterocycles. The van der Waals surface area contributed by atoms with Gasteiger partial charge in [-0.3, -0.25) is 9.59 Å². The summed E-state index contributed by atoms with van der Waals surface area (Å²) in [5, 5.41) is 0. The number of hydrogen-bond donors (Lipinski definition) is 1. The average molecular weight is 362 g/mol. The quantitative estimate of drug-likeness (QED) is 0.777. The number of hydrogen-bond acceptors (Lipinski definition) is 3. The van der Waals surface area contributed by atoms with E-state index in [4.69, 9.17) is 0 Å². The van der Waals surface area contributed by atoms with Gasteiger partial charge < -0.3 is 14.5 Å². The Labute approximate surface area is 156 Å². The summed E-state index contributed by atoms with van der Waals surface area (Å²) in [5.74, 6) is 1.67. The fourth-order valence-electron chi connectivity index (χ4n) is 4.61. The number of fused-ring (bicyclic) bond motifs is 5. The molecule has 0 radical (unpaired) electrons. The largest absolute Gasteiger partial charge is 0.342 e. The number of carbonyl (C=O) groups excluding carboxylic acids is 1. The van der Waals surface area contributed by atoms with Crippen LogP contribution in [0.1, 0.15) is 30.3 Å². The second-order valence-corrected chi connectivity index (χ2v) is 7.70. The maximum atomic E-state index is 12.8. The number of amides is 1. The first kappa shape index (κ1) is 16.3. The lowest BCUT2D eigenvalue weighted by Crippen LogP contribution is -2.49. The van der Waals surface area contributed by atoms with Gasteiger partial charge in [0.05, 0.1) is 11.0 Å². The zero-order chi connectivity index (χ0) is 18.4. The van der Waals surface area contributed by atoms with Crippen molar-refractivity contribution in [3.8, 4) is 0 Å². The number of aryl methyl sites for hydroxylation is 1. The third kappa shape index (κ3) is 2.95. The van der Waals surface area contributed by atoms with Crippen LogP contribution >= 0.6 is 0 Å². The second kappa shape index (κ2) is 6.37. The Balaban J connectivity index is 1.28. The van der Waals surface area contributed by atoms with Gasteiger partial charge in [0.1, 0.15) is 5.82 Å². The van der Waals surface area contributed by atoms with E-state index < -0.39 is 0 Å². The number of H-pyrrole nitrogens is 1. The molecule has 27 heavy (non-hydrogen) atoms. The van der Waals surface area contributed by atoms with Gasteiger partial charge in [-0.2, -0.15) is 0 Å². The van der Waals surface area contributed by atoms with Gasteiger partial charge in [-0.05, 0) is 30.5 Å². The molecule has 2 bridgehead atoms. The van der Waals surface area contributed by atoms with Gasteiger partial charge in [0, 0.05) is 50.2 Å². The maximum absolute atomic E-state index is 12.8. The molecule has 1 fully saturated rings. The van der Waals surface area contributed by atoms with Crippen LogP contribution in [0, 0.1) is 5.92 Å². The van der Waals surface area contributed by atoms with Crippen molar-refractivity contribution in [2.75, 3.05) is 13.1 Å². The third-order valence-electron chi connectivity index (χ3n) is 5.85. The number of benzene rings is 1. The Hall–Kier alpha value is -2.89. The fourth-order valence-corrected chi connectivity index (χ4v) is 4.61. The molecule has 138 valence electrons. The lowest BCUT2D eigenvalue weighted by molar-refractivity contribution is -0.133. The minimum atomic E-state index is 0.0758. The number of aromatic amines is 1. The molecular weight excluding hydrogens is 340 g/mol. The third-order valence-corrected chi connectivity index (χ3v) is 5.85. The molecule has 6 nitrogen and oxygen atoms in total. The monoisotopic (exact) mass is 362 g/mol. The minimum Gasteiger partial charge on any atom is -0.342 e. The molecule has 0 saturated carbocycles. The molecule has 1 saturated heterocycles. The highest BCUT2D eigenvalue weighted by atomic mass is 16.2. The summed E-state index contributed by atoms with van der Waals surface area (Å²) in [6.07, 6.45) is 2.15. The average Bonchev–Trinajstić information content (AvgIpc) is 3.10. The standard InChI is InChI=1S/C21H22N4O2/c26-20(9-8-19-22-16-4-1-2-5-17(16)23-19)24-11-14-10-15(13-24)18-6-3-7-21(27)25(18)12-14/h1-7,14-15H,8-13H2,(H,22,23). The SMILES string of the molecule is O=C(CCc1nc2ccccc2[nH]1)N1CC2CC(C1)c1cccc(=O)n1C2. The van der Waals surface area contributed by atoms with Gasteiger partial charge in [0.15, 0.2) is 0 Å². The number of imidazole rings is 1. The molecule has 6 heteroatoms. The van der Waals surface area contributed by atoms with Crippen molar-refractivity contribution < 1.29 is 4.79 Å². The van der Waals surface area contributed by atoms with Gasteiger partial charge in [-0.25, -0.2) is 4.98 Å². The van der Waals surface area contributed by atoms with Crippen LogP contribution in [0.2, 0.25) is 0 Å². The molecule has 1 aromatic carbocycles. The van der Waals surface area contributed by atoms with Crippen molar-refractivity contribution >= 4 is 16.9 Å². The smallest absolute Gasteiger partial charge is 0.250 e. The second-order valence-electron chi connectivity index (χ2n) is 7.70. The molecule has 0 aliphatic carbocycles. The van der Waals surface area contributed by atoms with E-state index in [0.29, 0.717) is 25.3 Å². The van der Waals surface area contributed by atoms with Crippen LogP contribution in [0.3, 0.4) is 0 Å². The number of rotatable bonds is 3. The lowest BCUT2D eigenvalue weighted by Gasteiger charge is -2.42. The van der Waals surface area contributed by atoms with Gasteiger partial charge in [-0.15, -0.1) is 0 Å². The van der Waals surface area contributed by atoms with E-state index in [1.54, 1.807) is 6.07 Å². The molecule has 5 rings (SSSR count). The Morgan fingerprint density at radius 2 is 2.00 bits per heavy atom. The summed E-state index contributed by atoms with van der Waals surface area (Å²) in [5.41, 5.74) is 3.10. The summed E-state index contributed by atoms with van der Waals surface area (Å²) in [6.45, 7) is 2.17. The minimum absolute atomic E-state index is 0.0758. The molecule has 1 amide bonds. The van der Waals surface area contributed by atoms with Crippen LogP contribution in [0.4, 0.5) is 0 Å². The Bertz CT molecular complexity index is 1030. The van der Waals surface area contributed by atoms with Crippen molar-refractivity contribution in [1.29, 1.82) is 0 Å². The van der Waals surface area contributed by atoms with Gasteiger partial charge >= 0.3 is 0 Å². The van der Waals surface area contributed by atoms with E-state index in [-0.39, 0.29) is 17.4 Å². The van der Waals surface area contributed by atoms with E-state index in [0.717, 1.165) is 42.1 Å². The molecule has 3 aromatic rings. The van der Waals surface area contributed by atoms with Gasteiger partial charge in [-0.1, -0.05) is 18.2 Å². The molecule has 1 N–H and O–H groups in total. The summed E-state index contributed by atoms with van der Waals surface area (Å²) >= 11 is 0. The number of piperidine rings is 1. The van der Waals surface area contributed by atoms with Crippen LogP contribution in [-0.4, -0.2) is 38.4 Å². The molecule has 2 aliphatic rings. The highest BCUT2D eigenvalue weighted by Gasteiger charge is 2.35. The first-order valence-corrected chi connectivity index (χ1v) is 9.58. The zero-order valence-electron chi connectivity index (χ0n) is 15.1. The van der Waals surface area contributed by atoms with Crippen molar-refractivity contribution in [3.05, 3.63) is 64.3 Å². The number of nitrogens with zero attached hydrogens (tertiary/aromatic N) is 3. The fraction of sp³-hybridized carbons (Fsp3) is 0.381. The van der Waals surface area contributed by atoms with Crippen LogP contribution < -0.4 is 5.56 Å². The Morgan fingerprint density at radius 1 is 1.11 bits per heavy atom. The first-order chi connectivity index (χ1) is 13.2. The number of nitrogens with one attached hydrogen (secondary N) is 1. The summed E-state index contributed by atoms with van der Waals surface area (Å²) in [4.78, 5) is 34.8. The van der Waals surface area contributed by atoms with Crippen LogP contribution in [-0.2, 0) is 17.8 Å². The lowest BCUT2D eigenvalue weighted by atomic mass is 9.83. The van der Waals surface area contributed by atoms with Crippen molar-refractivity contribution in [2.45, 2.75) is 31.7 Å².